The zero-order valence-electron chi connectivity index (χ0n) is 19.8. The molecule has 0 atom stereocenters. The molecule has 0 unspecified atom stereocenters. The van der Waals surface area contributed by atoms with Crippen molar-refractivity contribution in [2.24, 2.45) is 0 Å². The maximum Gasteiger partial charge on any atom is 0.399 e. The minimum Gasteiger partial charge on any atom is -0.356 e. The summed E-state index contributed by atoms with van der Waals surface area (Å²) >= 11 is 0. The summed E-state index contributed by atoms with van der Waals surface area (Å²) in [6.07, 6.45) is 6.62. The number of anilines is 1. The number of hydrogen-bond acceptors (Lipinski definition) is 5. The number of H-pyrrole nitrogens is 1. The molecule has 9 heteroatoms. The van der Waals surface area contributed by atoms with Gasteiger partial charge in [0.15, 0.2) is 5.82 Å². The highest BCUT2D eigenvalue weighted by Crippen LogP contribution is 2.46. The van der Waals surface area contributed by atoms with E-state index in [0.29, 0.717) is 28.3 Å². The van der Waals surface area contributed by atoms with Gasteiger partial charge in [-0.05, 0) is 69.6 Å². The molecule has 2 fully saturated rings. The number of fused-ring (bicyclic) bond motifs is 2. The van der Waals surface area contributed by atoms with Gasteiger partial charge in [0.2, 0.25) is 0 Å². The maximum absolute atomic E-state index is 13.7. The first-order valence-corrected chi connectivity index (χ1v) is 12.2. The number of halogens is 3. The van der Waals surface area contributed by atoms with Crippen molar-refractivity contribution in [2.75, 3.05) is 18.0 Å². The van der Waals surface area contributed by atoms with Gasteiger partial charge >= 0.3 is 6.18 Å². The molecule has 0 amide bonds. The minimum absolute atomic E-state index is 0.0645. The predicted molar refractivity (Wildman–Crippen MR) is 130 cm³/mol. The van der Waals surface area contributed by atoms with Gasteiger partial charge < -0.3 is 9.88 Å². The van der Waals surface area contributed by atoms with Gasteiger partial charge in [-0.3, -0.25) is 4.98 Å². The van der Waals surface area contributed by atoms with Gasteiger partial charge in [-0.25, -0.2) is 15.0 Å². The van der Waals surface area contributed by atoms with E-state index < -0.39 is 11.6 Å². The second-order valence-electron chi connectivity index (χ2n) is 10.2. The van der Waals surface area contributed by atoms with E-state index in [1.165, 1.54) is 31.9 Å². The van der Waals surface area contributed by atoms with Crippen LogP contribution < -0.4 is 4.90 Å². The Morgan fingerprint density at radius 2 is 1.80 bits per heavy atom. The molecule has 0 bridgehead atoms. The molecular formula is C26H27F3N6. The largest absolute Gasteiger partial charge is 0.399 e. The topological polar surface area (TPSA) is 70.6 Å². The molecule has 182 valence electrons. The molecule has 1 aliphatic carbocycles. The highest BCUT2D eigenvalue weighted by molar-refractivity contribution is 5.97. The smallest absolute Gasteiger partial charge is 0.356 e. The van der Waals surface area contributed by atoms with Crippen LogP contribution in [0.1, 0.15) is 63.1 Å². The lowest BCUT2D eigenvalue weighted by molar-refractivity contribution is -0.181. The highest BCUT2D eigenvalue weighted by Gasteiger charge is 2.49. The van der Waals surface area contributed by atoms with Crippen molar-refractivity contribution in [3.05, 3.63) is 42.0 Å². The van der Waals surface area contributed by atoms with E-state index >= 15 is 0 Å². The van der Waals surface area contributed by atoms with Crippen molar-refractivity contribution in [1.29, 1.82) is 0 Å². The number of aromatic nitrogens is 5. The van der Waals surface area contributed by atoms with E-state index in [4.69, 9.17) is 9.97 Å². The zero-order valence-corrected chi connectivity index (χ0v) is 19.8. The Kier molecular flexibility index (Phi) is 5.02. The molecule has 1 aliphatic heterocycles. The molecule has 5 heterocycles. The van der Waals surface area contributed by atoms with Crippen LogP contribution in [-0.4, -0.2) is 44.2 Å². The van der Waals surface area contributed by atoms with Crippen LogP contribution in [0, 0.1) is 0 Å². The molecule has 4 aromatic heterocycles. The standard InChI is InChI=1S/C26H27F3N6/c1-25(2,26(27,28)29)20-12-17-16(8-9-31-22(17)33-20)23-32-19-14-30-13-18(15-6-7-15)21(19)24(34-23)35-10-4-3-5-11-35/h8-9,12-15H,3-7,10-11H2,1-2H3,(H,31,33). The average molecular weight is 481 g/mol. The molecule has 0 radical (unpaired) electrons. The number of nitrogens with zero attached hydrogens (tertiary/aromatic N) is 5. The summed E-state index contributed by atoms with van der Waals surface area (Å²) in [5, 5.41) is 1.64. The van der Waals surface area contributed by atoms with Gasteiger partial charge in [-0.2, -0.15) is 13.2 Å². The molecule has 35 heavy (non-hydrogen) atoms. The molecule has 6 rings (SSSR count). The van der Waals surface area contributed by atoms with Crippen LogP contribution >= 0.6 is 0 Å². The fourth-order valence-electron chi connectivity index (χ4n) is 4.96. The van der Waals surface area contributed by atoms with Crippen LogP contribution in [0.3, 0.4) is 0 Å². The number of aromatic amines is 1. The molecule has 4 aromatic rings. The first-order chi connectivity index (χ1) is 16.7. The fraction of sp³-hybridized carbons (Fsp3) is 0.462. The summed E-state index contributed by atoms with van der Waals surface area (Å²) in [6.45, 7) is 4.20. The molecule has 1 saturated heterocycles. The molecule has 0 spiro atoms. The lowest BCUT2D eigenvalue weighted by Crippen LogP contribution is -2.36. The minimum atomic E-state index is -4.40. The van der Waals surface area contributed by atoms with E-state index in [1.54, 1.807) is 18.5 Å². The van der Waals surface area contributed by atoms with E-state index in [1.807, 2.05) is 6.20 Å². The van der Waals surface area contributed by atoms with E-state index in [-0.39, 0.29) is 5.69 Å². The van der Waals surface area contributed by atoms with Gasteiger partial charge in [0.25, 0.3) is 0 Å². The Hall–Kier alpha value is -3.23. The van der Waals surface area contributed by atoms with Crippen molar-refractivity contribution in [2.45, 2.75) is 63.5 Å². The van der Waals surface area contributed by atoms with Crippen LogP contribution in [-0.2, 0) is 5.41 Å². The summed E-state index contributed by atoms with van der Waals surface area (Å²) < 4.78 is 41.2. The number of piperidine rings is 1. The summed E-state index contributed by atoms with van der Waals surface area (Å²) in [6, 6.07) is 3.32. The maximum atomic E-state index is 13.7. The SMILES string of the molecule is CC(C)(c1cc2c(-c3nc(N4CCCCC4)c4c(C5CC5)cncc4n3)ccnc2[nH]1)C(F)(F)F. The average Bonchev–Trinajstić information content (AvgIpc) is 3.59. The van der Waals surface area contributed by atoms with Crippen LogP contribution in [0.15, 0.2) is 30.7 Å². The van der Waals surface area contributed by atoms with E-state index in [9.17, 15) is 13.2 Å². The molecule has 2 aliphatic rings. The van der Waals surface area contributed by atoms with Gasteiger partial charge in [0, 0.05) is 47.5 Å². The quantitative estimate of drug-likeness (QED) is 0.372. The zero-order chi connectivity index (χ0) is 24.4. The summed E-state index contributed by atoms with van der Waals surface area (Å²) in [5.41, 5.74) is 1.05. The van der Waals surface area contributed by atoms with Gasteiger partial charge in [0.05, 0.1) is 11.7 Å². The number of alkyl halides is 3. The molecule has 6 nitrogen and oxygen atoms in total. The Morgan fingerprint density at radius 3 is 2.51 bits per heavy atom. The van der Waals surface area contributed by atoms with E-state index in [0.717, 1.165) is 55.5 Å². The Bertz CT molecular complexity index is 1410. The van der Waals surface area contributed by atoms with Gasteiger partial charge in [-0.1, -0.05) is 0 Å². The number of pyridine rings is 2. The van der Waals surface area contributed by atoms with Crippen molar-refractivity contribution < 1.29 is 13.2 Å². The lowest BCUT2D eigenvalue weighted by Gasteiger charge is -2.29. The van der Waals surface area contributed by atoms with Crippen molar-refractivity contribution >= 4 is 27.8 Å². The van der Waals surface area contributed by atoms with Crippen molar-refractivity contribution in [3.8, 4) is 11.4 Å². The summed E-state index contributed by atoms with van der Waals surface area (Å²) in [7, 11) is 0. The Balaban J connectivity index is 1.56. The monoisotopic (exact) mass is 480 g/mol. The molecule has 0 aromatic carbocycles. The third-order valence-corrected chi connectivity index (χ3v) is 7.44. The summed E-state index contributed by atoms with van der Waals surface area (Å²) in [4.78, 5) is 23.9. The number of rotatable bonds is 4. The van der Waals surface area contributed by atoms with Gasteiger partial charge in [-0.15, -0.1) is 0 Å². The third-order valence-electron chi connectivity index (χ3n) is 7.44. The molecular weight excluding hydrogens is 453 g/mol. The first-order valence-electron chi connectivity index (χ1n) is 12.2. The number of nitrogens with one attached hydrogen (secondary N) is 1. The normalized spacial score (nSPS) is 17.5. The highest BCUT2D eigenvalue weighted by atomic mass is 19.4. The van der Waals surface area contributed by atoms with E-state index in [2.05, 4.69) is 19.9 Å². The van der Waals surface area contributed by atoms with Crippen molar-refractivity contribution in [1.82, 2.24) is 24.9 Å². The Labute approximate surface area is 201 Å². The second kappa shape index (κ2) is 7.90. The summed E-state index contributed by atoms with van der Waals surface area (Å²) in [5.74, 6) is 1.88. The lowest BCUT2D eigenvalue weighted by atomic mass is 9.88. The molecule has 1 N–H and O–H groups in total. The second-order valence-corrected chi connectivity index (χ2v) is 10.2. The van der Waals surface area contributed by atoms with Gasteiger partial charge in [0.1, 0.15) is 16.9 Å². The Morgan fingerprint density at radius 1 is 1.03 bits per heavy atom. The third kappa shape index (κ3) is 3.72. The molecule has 1 saturated carbocycles. The predicted octanol–water partition coefficient (Wildman–Crippen LogP) is 6.28. The number of hydrogen-bond donors (Lipinski definition) is 1. The van der Waals surface area contributed by atoms with Crippen LogP contribution in [0.5, 0.6) is 0 Å². The van der Waals surface area contributed by atoms with Crippen LogP contribution in [0.25, 0.3) is 33.3 Å². The van der Waals surface area contributed by atoms with Crippen LogP contribution in [0.4, 0.5) is 19.0 Å². The van der Waals surface area contributed by atoms with Crippen LogP contribution in [0.2, 0.25) is 0 Å². The first kappa shape index (κ1) is 22.2. The fourth-order valence-corrected chi connectivity index (χ4v) is 4.96. The van der Waals surface area contributed by atoms with Crippen molar-refractivity contribution in [3.63, 3.8) is 0 Å².